The predicted molar refractivity (Wildman–Crippen MR) is 89.8 cm³/mol. The zero-order chi connectivity index (χ0) is 14.5. The Balaban J connectivity index is 1.69. The summed E-state index contributed by atoms with van der Waals surface area (Å²) in [6, 6.07) is 23.6. The summed E-state index contributed by atoms with van der Waals surface area (Å²) in [5.41, 5.74) is 7.43. The molecule has 0 unspecified atom stereocenters. The van der Waals surface area contributed by atoms with Gasteiger partial charge in [0.1, 0.15) is 0 Å². The summed E-state index contributed by atoms with van der Waals surface area (Å²) in [6.07, 6.45) is 0.962. The minimum absolute atomic E-state index is 0.962. The van der Waals surface area contributed by atoms with E-state index in [1.54, 1.807) is 0 Å². The number of benzene rings is 3. The molecule has 3 aromatic carbocycles. The topological polar surface area (TPSA) is 28.7 Å². The van der Waals surface area contributed by atoms with Crippen LogP contribution in [0.4, 0.5) is 0 Å². The van der Waals surface area contributed by atoms with Gasteiger partial charge in [0, 0.05) is 23.1 Å². The summed E-state index contributed by atoms with van der Waals surface area (Å²) >= 11 is 0. The first-order chi connectivity index (χ1) is 10.9. The van der Waals surface area contributed by atoms with Gasteiger partial charge in [-0.3, -0.25) is 5.10 Å². The van der Waals surface area contributed by atoms with E-state index in [9.17, 15) is 0 Å². The number of nitrogens with one attached hydrogen (secondary N) is 1. The highest BCUT2D eigenvalue weighted by Crippen LogP contribution is 2.40. The molecule has 5 rings (SSSR count). The van der Waals surface area contributed by atoms with Crippen LogP contribution in [0.2, 0.25) is 0 Å². The Morgan fingerprint density at radius 2 is 1.64 bits per heavy atom. The molecule has 0 saturated heterocycles. The third-order valence-electron chi connectivity index (χ3n) is 4.54. The molecule has 0 spiro atoms. The molecular formula is C20H14N2. The third-order valence-corrected chi connectivity index (χ3v) is 4.54. The lowest BCUT2D eigenvalue weighted by Gasteiger charge is -2.03. The summed E-state index contributed by atoms with van der Waals surface area (Å²) in [7, 11) is 0. The summed E-state index contributed by atoms with van der Waals surface area (Å²) in [6.45, 7) is 0. The van der Waals surface area contributed by atoms with Gasteiger partial charge in [-0.25, -0.2) is 0 Å². The Labute approximate surface area is 128 Å². The molecule has 1 heterocycles. The van der Waals surface area contributed by atoms with E-state index in [0.29, 0.717) is 0 Å². The Hall–Kier alpha value is -2.87. The van der Waals surface area contributed by atoms with Gasteiger partial charge < -0.3 is 0 Å². The second kappa shape index (κ2) is 4.31. The largest absolute Gasteiger partial charge is 0.277 e. The predicted octanol–water partition coefficient (Wildman–Crippen LogP) is 4.80. The first-order valence-corrected chi connectivity index (χ1v) is 7.55. The zero-order valence-electron chi connectivity index (χ0n) is 12.0. The number of nitrogens with zero attached hydrogens (tertiary/aromatic N) is 1. The second-order valence-corrected chi connectivity index (χ2v) is 5.82. The Morgan fingerprint density at radius 3 is 2.59 bits per heavy atom. The average Bonchev–Trinajstić information content (AvgIpc) is 3.13. The number of aromatic nitrogens is 2. The molecule has 104 valence electrons. The van der Waals surface area contributed by atoms with E-state index in [1.165, 1.54) is 38.7 Å². The molecule has 2 nitrogen and oxygen atoms in total. The number of rotatable bonds is 1. The minimum Gasteiger partial charge on any atom is -0.277 e. The molecular weight excluding hydrogens is 268 g/mol. The van der Waals surface area contributed by atoms with Gasteiger partial charge in [-0.05, 0) is 22.4 Å². The number of hydrogen-bond acceptors (Lipinski definition) is 1. The molecule has 22 heavy (non-hydrogen) atoms. The number of H-pyrrole nitrogens is 1. The lowest BCUT2D eigenvalue weighted by molar-refractivity contribution is 1.09. The third kappa shape index (κ3) is 1.58. The summed E-state index contributed by atoms with van der Waals surface area (Å²) in [4.78, 5) is 0. The lowest BCUT2D eigenvalue weighted by atomic mass is 10.0. The van der Waals surface area contributed by atoms with Crippen molar-refractivity contribution >= 4 is 10.8 Å². The van der Waals surface area contributed by atoms with E-state index in [4.69, 9.17) is 0 Å². The first kappa shape index (κ1) is 11.8. The molecule has 0 atom stereocenters. The van der Waals surface area contributed by atoms with Crippen molar-refractivity contribution in [1.29, 1.82) is 0 Å². The monoisotopic (exact) mass is 282 g/mol. The van der Waals surface area contributed by atoms with Crippen LogP contribution in [0, 0.1) is 0 Å². The highest BCUT2D eigenvalue weighted by molar-refractivity contribution is 5.89. The SMILES string of the molecule is c1ccc2c(c1)Cc1c(-c3ccc4ccccc4c3)n[nH]c1-2. The van der Waals surface area contributed by atoms with Gasteiger partial charge >= 0.3 is 0 Å². The van der Waals surface area contributed by atoms with Gasteiger partial charge in [-0.2, -0.15) is 5.10 Å². The van der Waals surface area contributed by atoms with Gasteiger partial charge in [0.2, 0.25) is 0 Å². The van der Waals surface area contributed by atoms with Crippen LogP contribution in [-0.2, 0) is 6.42 Å². The fourth-order valence-corrected chi connectivity index (χ4v) is 3.44. The van der Waals surface area contributed by atoms with Crippen LogP contribution in [-0.4, -0.2) is 10.2 Å². The van der Waals surface area contributed by atoms with E-state index < -0.39 is 0 Å². The second-order valence-electron chi connectivity index (χ2n) is 5.82. The smallest absolute Gasteiger partial charge is 0.0962 e. The molecule has 0 fully saturated rings. The van der Waals surface area contributed by atoms with Crippen molar-refractivity contribution < 1.29 is 0 Å². The van der Waals surface area contributed by atoms with Crippen LogP contribution in [0.1, 0.15) is 11.1 Å². The number of hydrogen-bond donors (Lipinski definition) is 1. The van der Waals surface area contributed by atoms with Crippen molar-refractivity contribution in [2.45, 2.75) is 6.42 Å². The van der Waals surface area contributed by atoms with Gasteiger partial charge in [0.25, 0.3) is 0 Å². The molecule has 1 aromatic heterocycles. The molecule has 4 aromatic rings. The van der Waals surface area contributed by atoms with E-state index in [-0.39, 0.29) is 0 Å². The molecule has 2 heteroatoms. The molecule has 0 aliphatic heterocycles. The molecule has 1 aliphatic rings. The highest BCUT2D eigenvalue weighted by atomic mass is 15.1. The first-order valence-electron chi connectivity index (χ1n) is 7.55. The van der Waals surface area contributed by atoms with Crippen molar-refractivity contribution in [1.82, 2.24) is 10.2 Å². The van der Waals surface area contributed by atoms with Gasteiger partial charge in [-0.1, -0.05) is 60.7 Å². The van der Waals surface area contributed by atoms with Crippen molar-refractivity contribution in [3.05, 3.63) is 77.9 Å². The molecule has 0 bridgehead atoms. The van der Waals surface area contributed by atoms with Crippen molar-refractivity contribution in [3.8, 4) is 22.5 Å². The molecule has 1 N–H and O–H groups in total. The quantitative estimate of drug-likeness (QED) is 0.470. The Kier molecular flexibility index (Phi) is 2.30. The van der Waals surface area contributed by atoms with E-state index in [0.717, 1.165) is 12.1 Å². The summed E-state index contributed by atoms with van der Waals surface area (Å²) in [5, 5.41) is 10.3. The van der Waals surface area contributed by atoms with E-state index in [2.05, 4.69) is 76.9 Å². The van der Waals surface area contributed by atoms with Crippen LogP contribution in [0.5, 0.6) is 0 Å². The summed E-state index contributed by atoms with van der Waals surface area (Å²) in [5.74, 6) is 0. The standard InChI is InChI=1S/C20H14N2/c1-2-6-14-11-16(10-9-13(14)5-1)19-18-12-15-7-3-4-8-17(15)20(18)22-21-19/h1-11H,12H2,(H,21,22). The fourth-order valence-electron chi connectivity index (χ4n) is 3.44. The van der Waals surface area contributed by atoms with Crippen molar-refractivity contribution in [2.24, 2.45) is 0 Å². The van der Waals surface area contributed by atoms with Crippen molar-refractivity contribution in [3.63, 3.8) is 0 Å². The number of fused-ring (bicyclic) bond motifs is 4. The highest BCUT2D eigenvalue weighted by Gasteiger charge is 2.24. The molecule has 0 amide bonds. The van der Waals surface area contributed by atoms with E-state index >= 15 is 0 Å². The normalized spacial score (nSPS) is 12.4. The summed E-state index contributed by atoms with van der Waals surface area (Å²) < 4.78 is 0. The van der Waals surface area contributed by atoms with Gasteiger partial charge in [-0.15, -0.1) is 0 Å². The molecule has 0 saturated carbocycles. The maximum atomic E-state index is 4.59. The van der Waals surface area contributed by atoms with Crippen LogP contribution >= 0.6 is 0 Å². The Morgan fingerprint density at radius 1 is 0.818 bits per heavy atom. The van der Waals surface area contributed by atoms with Crippen LogP contribution in [0.15, 0.2) is 66.7 Å². The molecule has 0 radical (unpaired) electrons. The maximum Gasteiger partial charge on any atom is 0.0962 e. The minimum atomic E-state index is 0.962. The van der Waals surface area contributed by atoms with Crippen LogP contribution in [0.25, 0.3) is 33.3 Å². The number of aromatic amines is 1. The van der Waals surface area contributed by atoms with Crippen molar-refractivity contribution in [2.75, 3.05) is 0 Å². The Bertz CT molecular complexity index is 1010. The average molecular weight is 282 g/mol. The van der Waals surface area contributed by atoms with Gasteiger partial charge in [0.15, 0.2) is 0 Å². The van der Waals surface area contributed by atoms with Crippen LogP contribution < -0.4 is 0 Å². The zero-order valence-corrected chi connectivity index (χ0v) is 12.0. The van der Waals surface area contributed by atoms with E-state index in [1.807, 2.05) is 0 Å². The fraction of sp³-hybridized carbons (Fsp3) is 0.0500. The maximum absolute atomic E-state index is 4.59. The lowest BCUT2D eigenvalue weighted by Crippen LogP contribution is -1.87. The molecule has 1 aliphatic carbocycles. The van der Waals surface area contributed by atoms with Gasteiger partial charge in [0.05, 0.1) is 11.4 Å². The van der Waals surface area contributed by atoms with Crippen LogP contribution in [0.3, 0.4) is 0 Å².